The number of hydrogen-bond acceptors (Lipinski definition) is 5. The molecule has 1 aliphatic heterocycles. The lowest BCUT2D eigenvalue weighted by atomic mass is 9.90. The zero-order valence-corrected chi connectivity index (χ0v) is 14.6. The van der Waals surface area contributed by atoms with Crippen LogP contribution in [0, 0.1) is 6.92 Å². The first-order chi connectivity index (χ1) is 11.8. The number of aryl methyl sites for hydroxylation is 1. The molecule has 1 aromatic rings. The van der Waals surface area contributed by atoms with Gasteiger partial charge in [0.15, 0.2) is 0 Å². The standard InChI is InChI=1S/C17H23N3O5/c1-11-9-12(5-6-13(11)25-3)17(2)15(23)20(16(24)19-17)10-14(22)18-7-4-8-21/h5-6,9,21H,4,7-8,10H2,1-3H3,(H,18,22)(H,19,24). The Morgan fingerprint density at radius 2 is 2.12 bits per heavy atom. The quantitative estimate of drug-likeness (QED) is 0.484. The van der Waals surface area contributed by atoms with E-state index in [-0.39, 0.29) is 19.7 Å². The Balaban J connectivity index is 2.16. The minimum atomic E-state index is -1.24. The minimum absolute atomic E-state index is 0.0434. The van der Waals surface area contributed by atoms with Crippen LogP contribution in [0.25, 0.3) is 0 Å². The monoisotopic (exact) mass is 349 g/mol. The van der Waals surface area contributed by atoms with Crippen LogP contribution in [-0.2, 0) is 15.1 Å². The summed E-state index contributed by atoms with van der Waals surface area (Å²) in [4.78, 5) is 37.7. The number of aliphatic hydroxyl groups is 1. The van der Waals surface area contributed by atoms with Gasteiger partial charge in [-0.15, -0.1) is 0 Å². The fourth-order valence-corrected chi connectivity index (χ4v) is 2.73. The second kappa shape index (κ2) is 7.52. The van der Waals surface area contributed by atoms with Gasteiger partial charge in [0.1, 0.15) is 17.8 Å². The zero-order valence-electron chi connectivity index (χ0n) is 14.6. The first kappa shape index (κ1) is 18.7. The second-order valence-electron chi connectivity index (χ2n) is 6.06. The number of amides is 4. The van der Waals surface area contributed by atoms with Crippen molar-refractivity contribution in [2.75, 3.05) is 26.8 Å². The molecule has 8 nitrogen and oxygen atoms in total. The van der Waals surface area contributed by atoms with Crippen molar-refractivity contribution in [2.24, 2.45) is 0 Å². The van der Waals surface area contributed by atoms with Crippen molar-refractivity contribution in [3.05, 3.63) is 29.3 Å². The van der Waals surface area contributed by atoms with Crippen LogP contribution < -0.4 is 15.4 Å². The third-order valence-corrected chi connectivity index (χ3v) is 4.21. The van der Waals surface area contributed by atoms with Gasteiger partial charge in [-0.05, 0) is 43.5 Å². The molecule has 0 aliphatic carbocycles. The fraction of sp³-hybridized carbons (Fsp3) is 0.471. The normalized spacial score (nSPS) is 19.8. The first-order valence-corrected chi connectivity index (χ1v) is 8.00. The lowest BCUT2D eigenvalue weighted by Gasteiger charge is -2.23. The highest BCUT2D eigenvalue weighted by Crippen LogP contribution is 2.31. The molecular weight excluding hydrogens is 326 g/mol. The summed E-state index contributed by atoms with van der Waals surface area (Å²) in [6, 6.07) is 4.62. The maximum absolute atomic E-state index is 12.8. The maximum Gasteiger partial charge on any atom is 0.325 e. The molecule has 0 spiro atoms. The Kier molecular flexibility index (Phi) is 5.63. The smallest absolute Gasteiger partial charge is 0.325 e. The molecule has 0 aromatic heterocycles. The molecule has 1 unspecified atom stereocenters. The van der Waals surface area contributed by atoms with Crippen LogP contribution in [0.1, 0.15) is 24.5 Å². The number of nitrogens with one attached hydrogen (secondary N) is 2. The summed E-state index contributed by atoms with van der Waals surface area (Å²) in [5.41, 5.74) is 0.218. The average molecular weight is 349 g/mol. The molecule has 1 aliphatic rings. The van der Waals surface area contributed by atoms with E-state index in [0.717, 1.165) is 10.5 Å². The topological polar surface area (TPSA) is 108 Å². The largest absolute Gasteiger partial charge is 0.496 e. The van der Waals surface area contributed by atoms with Crippen LogP contribution in [0.2, 0.25) is 0 Å². The van der Waals surface area contributed by atoms with Gasteiger partial charge in [-0.2, -0.15) is 0 Å². The Morgan fingerprint density at radius 1 is 1.40 bits per heavy atom. The Bertz CT molecular complexity index is 691. The first-order valence-electron chi connectivity index (χ1n) is 8.00. The molecule has 0 saturated carbocycles. The van der Waals surface area contributed by atoms with E-state index in [1.165, 1.54) is 0 Å². The van der Waals surface area contributed by atoms with E-state index < -0.39 is 23.4 Å². The average Bonchev–Trinajstić information content (AvgIpc) is 2.79. The number of nitrogens with zero attached hydrogens (tertiary/aromatic N) is 1. The van der Waals surface area contributed by atoms with Gasteiger partial charge in [-0.1, -0.05) is 6.07 Å². The van der Waals surface area contributed by atoms with Crippen LogP contribution in [0.5, 0.6) is 5.75 Å². The van der Waals surface area contributed by atoms with Crippen molar-refractivity contribution in [1.82, 2.24) is 15.5 Å². The molecule has 1 atom stereocenters. The highest BCUT2D eigenvalue weighted by Gasteiger charge is 2.49. The molecule has 136 valence electrons. The SMILES string of the molecule is COc1ccc(C2(C)NC(=O)N(CC(=O)NCCCO)C2=O)cc1C. The molecule has 1 fully saturated rings. The van der Waals surface area contributed by atoms with Gasteiger partial charge in [0.25, 0.3) is 5.91 Å². The number of ether oxygens (including phenoxy) is 1. The summed E-state index contributed by atoms with van der Waals surface area (Å²) in [5.74, 6) is -0.254. The maximum atomic E-state index is 12.8. The Labute approximate surface area is 146 Å². The summed E-state index contributed by atoms with van der Waals surface area (Å²) >= 11 is 0. The van der Waals surface area contributed by atoms with Crippen LogP contribution in [0.4, 0.5) is 4.79 Å². The summed E-state index contributed by atoms with van der Waals surface area (Å²) in [6.07, 6.45) is 0.411. The summed E-state index contributed by atoms with van der Waals surface area (Å²) in [5, 5.41) is 13.9. The number of carbonyl (C=O) groups excluding carboxylic acids is 3. The lowest BCUT2D eigenvalue weighted by Crippen LogP contribution is -2.43. The van der Waals surface area contributed by atoms with Gasteiger partial charge < -0.3 is 20.5 Å². The van der Waals surface area contributed by atoms with Gasteiger partial charge in [-0.3, -0.25) is 14.5 Å². The Morgan fingerprint density at radius 3 is 2.72 bits per heavy atom. The van der Waals surface area contributed by atoms with Crippen molar-refractivity contribution in [3.63, 3.8) is 0 Å². The van der Waals surface area contributed by atoms with Gasteiger partial charge in [-0.25, -0.2) is 4.79 Å². The second-order valence-corrected chi connectivity index (χ2v) is 6.06. The fourth-order valence-electron chi connectivity index (χ4n) is 2.73. The molecule has 1 heterocycles. The van der Waals surface area contributed by atoms with E-state index in [4.69, 9.17) is 9.84 Å². The molecule has 0 bridgehead atoms. The Hall–Kier alpha value is -2.61. The number of aliphatic hydroxyl groups excluding tert-OH is 1. The van der Waals surface area contributed by atoms with Crippen LogP contribution >= 0.6 is 0 Å². The number of methoxy groups -OCH3 is 1. The lowest BCUT2D eigenvalue weighted by molar-refractivity contribution is -0.134. The third-order valence-electron chi connectivity index (χ3n) is 4.21. The van der Waals surface area contributed by atoms with E-state index in [0.29, 0.717) is 17.7 Å². The summed E-state index contributed by atoms with van der Waals surface area (Å²) in [6.45, 7) is 3.34. The van der Waals surface area contributed by atoms with Crippen molar-refractivity contribution >= 4 is 17.8 Å². The number of imide groups is 1. The van der Waals surface area contributed by atoms with Gasteiger partial charge in [0, 0.05) is 13.2 Å². The number of carbonyl (C=O) groups is 3. The minimum Gasteiger partial charge on any atom is -0.496 e. The van der Waals surface area contributed by atoms with Crippen LogP contribution in [0.15, 0.2) is 18.2 Å². The van der Waals surface area contributed by atoms with Crippen molar-refractivity contribution in [1.29, 1.82) is 0 Å². The van der Waals surface area contributed by atoms with Crippen LogP contribution in [0.3, 0.4) is 0 Å². The van der Waals surface area contributed by atoms with E-state index in [1.54, 1.807) is 32.2 Å². The van der Waals surface area contributed by atoms with E-state index >= 15 is 0 Å². The van der Waals surface area contributed by atoms with Gasteiger partial charge >= 0.3 is 6.03 Å². The molecule has 3 N–H and O–H groups in total. The third kappa shape index (κ3) is 3.74. The molecule has 25 heavy (non-hydrogen) atoms. The highest BCUT2D eigenvalue weighted by molar-refractivity contribution is 6.09. The van der Waals surface area contributed by atoms with E-state index in [1.807, 2.05) is 6.92 Å². The summed E-state index contributed by atoms with van der Waals surface area (Å²) in [7, 11) is 1.56. The molecular formula is C17H23N3O5. The van der Waals surface area contributed by atoms with Crippen molar-refractivity contribution in [3.8, 4) is 5.75 Å². The number of rotatable bonds is 7. The van der Waals surface area contributed by atoms with Crippen molar-refractivity contribution in [2.45, 2.75) is 25.8 Å². The predicted molar refractivity (Wildman–Crippen MR) is 90.0 cm³/mol. The number of hydrogen-bond donors (Lipinski definition) is 3. The van der Waals surface area contributed by atoms with Crippen molar-refractivity contribution < 1.29 is 24.2 Å². The summed E-state index contributed by atoms with van der Waals surface area (Å²) < 4.78 is 5.21. The van der Waals surface area contributed by atoms with E-state index in [2.05, 4.69) is 10.6 Å². The number of urea groups is 1. The molecule has 4 amide bonds. The predicted octanol–water partition coefficient (Wildman–Crippen LogP) is 0.269. The molecule has 2 rings (SSSR count). The molecule has 1 saturated heterocycles. The zero-order chi connectivity index (χ0) is 18.6. The number of benzene rings is 1. The molecule has 0 radical (unpaired) electrons. The molecule has 8 heteroatoms. The highest BCUT2D eigenvalue weighted by atomic mass is 16.5. The van der Waals surface area contributed by atoms with Gasteiger partial charge in [0.05, 0.1) is 7.11 Å². The van der Waals surface area contributed by atoms with E-state index in [9.17, 15) is 14.4 Å². The van der Waals surface area contributed by atoms with Gasteiger partial charge in [0.2, 0.25) is 5.91 Å². The van der Waals surface area contributed by atoms with Crippen LogP contribution in [-0.4, -0.2) is 54.7 Å². The molecule has 1 aromatic carbocycles.